The van der Waals surface area contributed by atoms with Crippen LogP contribution >= 0.6 is 0 Å². The summed E-state index contributed by atoms with van der Waals surface area (Å²) < 4.78 is 17.8. The Labute approximate surface area is 290 Å². The topological polar surface area (TPSA) is 127 Å². The van der Waals surface area contributed by atoms with Crippen molar-refractivity contribution < 1.29 is 28.6 Å². The summed E-state index contributed by atoms with van der Waals surface area (Å²) in [5.41, 5.74) is 8.48. The minimum Gasteiger partial charge on any atom is -0.495 e. The maximum Gasteiger partial charge on any atom is 0.259 e. The van der Waals surface area contributed by atoms with E-state index in [2.05, 4.69) is 22.2 Å². The number of likely N-dealkylation sites (N-methyl/N-ethyl adjacent to an activating group) is 1. The average Bonchev–Trinajstić information content (AvgIpc) is 3.10. The predicted octanol–water partition coefficient (Wildman–Crippen LogP) is 5.01. The van der Waals surface area contributed by atoms with Crippen LogP contribution in [0.5, 0.6) is 17.2 Å². The Morgan fingerprint density at radius 1 is 0.980 bits per heavy atom. The molecule has 0 saturated carbocycles. The molecule has 1 saturated heterocycles. The van der Waals surface area contributed by atoms with Gasteiger partial charge in [-0.1, -0.05) is 18.2 Å². The largest absolute Gasteiger partial charge is 0.495 e. The van der Waals surface area contributed by atoms with Crippen LogP contribution in [0.15, 0.2) is 60.7 Å². The van der Waals surface area contributed by atoms with Gasteiger partial charge >= 0.3 is 0 Å². The fraction of sp³-hybridized carbons (Fsp3) is 0.447. The van der Waals surface area contributed by atoms with Crippen molar-refractivity contribution >= 4 is 29.5 Å². The van der Waals surface area contributed by atoms with Crippen LogP contribution in [0.4, 0.5) is 11.4 Å². The van der Waals surface area contributed by atoms with E-state index in [-0.39, 0.29) is 24.0 Å². The zero-order valence-corrected chi connectivity index (χ0v) is 29.4. The molecule has 49 heavy (non-hydrogen) atoms. The number of benzene rings is 3. The monoisotopic (exact) mass is 673 g/mol. The fourth-order valence-electron chi connectivity index (χ4n) is 5.83. The zero-order chi connectivity index (χ0) is 35.3. The van der Waals surface area contributed by atoms with E-state index >= 15 is 0 Å². The number of rotatable bonds is 17. The Balaban J connectivity index is 1.39. The van der Waals surface area contributed by atoms with Gasteiger partial charge in [0.25, 0.3) is 11.8 Å². The molecule has 2 unspecified atom stereocenters. The van der Waals surface area contributed by atoms with E-state index in [4.69, 9.17) is 19.9 Å². The summed E-state index contributed by atoms with van der Waals surface area (Å²) >= 11 is 0. The molecule has 2 amide bonds. The number of nitrogens with zero attached hydrogens (tertiary/aromatic N) is 3. The molecule has 1 heterocycles. The summed E-state index contributed by atoms with van der Waals surface area (Å²) in [6.45, 7) is 8.60. The minimum atomic E-state index is -0.368. The second-order valence-electron chi connectivity index (χ2n) is 12.6. The van der Waals surface area contributed by atoms with Gasteiger partial charge in [-0.2, -0.15) is 0 Å². The highest BCUT2D eigenvalue weighted by atomic mass is 16.5. The van der Waals surface area contributed by atoms with E-state index in [1.54, 1.807) is 48.3 Å². The van der Waals surface area contributed by atoms with Crippen LogP contribution < -0.4 is 30.2 Å². The molecule has 3 N–H and O–H groups in total. The second kappa shape index (κ2) is 18.4. The van der Waals surface area contributed by atoms with E-state index in [0.29, 0.717) is 59.3 Å². The SMILES string of the molecule is COc1cc(C(=O)N(C)c2ccc(C)cc2OCCCCC(C=O)N2CCN(C)CC2)ccc1NC(=O)c1ccccc1OC(C)CCN. The number of hydrogen-bond acceptors (Lipinski definition) is 9. The lowest BCUT2D eigenvalue weighted by molar-refractivity contribution is -0.113. The third-order valence-corrected chi connectivity index (χ3v) is 8.83. The van der Waals surface area contributed by atoms with Gasteiger partial charge < -0.3 is 39.9 Å². The quantitative estimate of drug-likeness (QED) is 0.150. The molecule has 0 bridgehead atoms. The highest BCUT2D eigenvalue weighted by molar-refractivity contribution is 6.09. The number of aryl methyl sites for hydroxylation is 1. The number of anilines is 2. The molecule has 1 fully saturated rings. The smallest absolute Gasteiger partial charge is 0.259 e. The lowest BCUT2D eigenvalue weighted by atomic mass is 10.1. The Morgan fingerprint density at radius 2 is 1.73 bits per heavy atom. The van der Waals surface area contributed by atoms with Gasteiger partial charge in [0.15, 0.2) is 0 Å². The molecule has 11 nitrogen and oxygen atoms in total. The summed E-state index contributed by atoms with van der Waals surface area (Å²) in [5, 5.41) is 2.89. The number of aldehydes is 1. The third-order valence-electron chi connectivity index (χ3n) is 8.83. The van der Waals surface area contributed by atoms with Gasteiger partial charge in [-0.05, 0) is 101 Å². The van der Waals surface area contributed by atoms with Crippen molar-refractivity contribution in [1.29, 1.82) is 0 Å². The molecule has 2 atom stereocenters. The van der Waals surface area contributed by atoms with Crippen LogP contribution in [-0.4, -0.2) is 101 Å². The summed E-state index contributed by atoms with van der Waals surface area (Å²) in [4.78, 5) is 44.9. The number of piperazine rings is 1. The first-order chi connectivity index (χ1) is 23.6. The highest BCUT2D eigenvalue weighted by Crippen LogP contribution is 2.32. The van der Waals surface area contributed by atoms with Gasteiger partial charge in [-0.25, -0.2) is 0 Å². The Morgan fingerprint density at radius 3 is 2.45 bits per heavy atom. The van der Waals surface area contributed by atoms with Crippen molar-refractivity contribution in [3.8, 4) is 17.2 Å². The van der Waals surface area contributed by atoms with Gasteiger partial charge in [-0.15, -0.1) is 0 Å². The standard InChI is InChI=1S/C38H51N5O6/c1-27-13-16-33(36(24-27)48-23-9-8-10-30(26-44)43-21-19-41(3)20-22-43)42(4)38(46)29-14-15-32(35(25-29)47-5)40-37(45)31-11-6-7-12-34(31)49-28(2)17-18-39/h6-7,11-16,24-26,28,30H,8-10,17-23,39H2,1-5H3,(H,40,45). The molecule has 0 spiro atoms. The average molecular weight is 674 g/mol. The van der Waals surface area contributed by atoms with Crippen LogP contribution in [0.2, 0.25) is 0 Å². The Bertz CT molecular complexity index is 1560. The fourth-order valence-corrected chi connectivity index (χ4v) is 5.83. The Kier molecular flexibility index (Phi) is 14.0. The molecular weight excluding hydrogens is 622 g/mol. The zero-order valence-electron chi connectivity index (χ0n) is 29.4. The second-order valence-corrected chi connectivity index (χ2v) is 12.6. The van der Waals surface area contributed by atoms with Gasteiger partial charge in [-0.3, -0.25) is 14.5 Å². The number of methoxy groups -OCH3 is 1. The molecule has 3 aromatic rings. The van der Waals surface area contributed by atoms with Crippen molar-refractivity contribution in [2.75, 3.05) is 70.8 Å². The third kappa shape index (κ3) is 10.3. The molecular formula is C38H51N5O6. The van der Waals surface area contributed by atoms with Crippen LogP contribution in [0.3, 0.4) is 0 Å². The van der Waals surface area contributed by atoms with Gasteiger partial charge in [0, 0.05) is 38.8 Å². The molecule has 11 heteroatoms. The number of carbonyl (C=O) groups is 3. The van der Waals surface area contributed by atoms with Crippen molar-refractivity contribution in [3.05, 3.63) is 77.4 Å². The lowest BCUT2D eigenvalue weighted by Crippen LogP contribution is -2.49. The van der Waals surface area contributed by atoms with Crippen molar-refractivity contribution in [1.82, 2.24) is 9.80 Å². The lowest BCUT2D eigenvalue weighted by Gasteiger charge is -2.35. The molecule has 0 aromatic heterocycles. The molecule has 1 aliphatic rings. The first kappa shape index (κ1) is 37.4. The van der Waals surface area contributed by atoms with Crippen LogP contribution in [0.25, 0.3) is 0 Å². The van der Waals surface area contributed by atoms with E-state index in [1.165, 1.54) is 7.11 Å². The van der Waals surface area contributed by atoms with E-state index in [9.17, 15) is 14.4 Å². The molecule has 4 rings (SSSR count). The number of unbranched alkanes of at least 4 members (excludes halogenated alkanes) is 1. The van der Waals surface area contributed by atoms with Crippen LogP contribution in [0, 0.1) is 6.92 Å². The number of hydrogen-bond donors (Lipinski definition) is 2. The number of carbonyl (C=O) groups excluding carboxylic acids is 3. The summed E-state index contributed by atoms with van der Waals surface area (Å²) in [6, 6.07) is 17.6. The van der Waals surface area contributed by atoms with Crippen molar-refractivity contribution in [3.63, 3.8) is 0 Å². The molecule has 0 radical (unpaired) electrons. The Hall–Kier alpha value is -4.45. The minimum absolute atomic E-state index is 0.0659. The number of para-hydroxylation sites is 1. The summed E-state index contributed by atoms with van der Waals surface area (Å²) in [6.07, 6.45) is 4.02. The number of ether oxygens (including phenoxy) is 3. The first-order valence-corrected chi connectivity index (χ1v) is 17.0. The van der Waals surface area contributed by atoms with Crippen LogP contribution in [0.1, 0.15) is 58.9 Å². The summed E-state index contributed by atoms with van der Waals surface area (Å²) in [7, 11) is 5.30. The van der Waals surface area contributed by atoms with Crippen molar-refractivity contribution in [2.24, 2.45) is 5.73 Å². The van der Waals surface area contributed by atoms with E-state index in [0.717, 1.165) is 57.3 Å². The molecule has 0 aliphatic carbocycles. The molecule has 3 aromatic carbocycles. The van der Waals surface area contributed by atoms with E-state index < -0.39 is 0 Å². The van der Waals surface area contributed by atoms with Gasteiger partial charge in [0.1, 0.15) is 23.5 Å². The predicted molar refractivity (Wildman–Crippen MR) is 193 cm³/mol. The van der Waals surface area contributed by atoms with E-state index in [1.807, 2.05) is 38.1 Å². The van der Waals surface area contributed by atoms with Crippen molar-refractivity contribution in [2.45, 2.75) is 51.7 Å². The molecule has 264 valence electrons. The normalized spacial score (nSPS) is 14.8. The summed E-state index contributed by atoms with van der Waals surface area (Å²) in [5.74, 6) is 0.777. The van der Waals surface area contributed by atoms with Crippen LogP contribution in [-0.2, 0) is 4.79 Å². The highest BCUT2D eigenvalue weighted by Gasteiger charge is 2.23. The number of nitrogens with one attached hydrogen (secondary N) is 1. The number of nitrogens with two attached hydrogens (primary N) is 1. The molecule has 1 aliphatic heterocycles. The first-order valence-electron chi connectivity index (χ1n) is 17.0. The maximum absolute atomic E-state index is 13.7. The maximum atomic E-state index is 13.7. The van der Waals surface area contributed by atoms with Gasteiger partial charge in [0.05, 0.1) is 42.8 Å². The van der Waals surface area contributed by atoms with Gasteiger partial charge in [0.2, 0.25) is 0 Å². The number of amides is 2.